The molecule has 0 spiro atoms. The second-order valence-corrected chi connectivity index (χ2v) is 6.30. The molecule has 0 radical (unpaired) electrons. The minimum absolute atomic E-state index is 0.146. The van der Waals surface area contributed by atoms with Crippen LogP contribution in [0.1, 0.15) is 41.0 Å². The molecule has 0 saturated heterocycles. The van der Waals surface area contributed by atoms with Crippen LogP contribution in [0.2, 0.25) is 0 Å². The summed E-state index contributed by atoms with van der Waals surface area (Å²) in [6, 6.07) is 10.7. The molecule has 0 fully saturated rings. The first-order valence-corrected chi connectivity index (χ1v) is 8.68. The summed E-state index contributed by atoms with van der Waals surface area (Å²) in [4.78, 5) is 14.6. The van der Waals surface area contributed by atoms with Crippen molar-refractivity contribution in [1.82, 2.24) is 14.7 Å². The zero-order valence-electron chi connectivity index (χ0n) is 15.4. The topological polar surface area (TPSA) is 51.3 Å². The largest absolute Gasteiger partial charge is 0.464 e. The van der Waals surface area contributed by atoms with Gasteiger partial charge in [-0.2, -0.15) is 13.9 Å². The standard InChI is InChI=1S/C20H21F2N3O2/c1-4-24(11-17-9-8-13(2)27-17)19(26)16-7-5-6-15(10-16)18-12-25(20(21)22)23-14(18)3/h5-10,12,20H,4,11H2,1-3H3. The second kappa shape index (κ2) is 7.73. The predicted molar refractivity (Wildman–Crippen MR) is 97.5 cm³/mol. The molecular formula is C20H21F2N3O2. The molecule has 2 aromatic heterocycles. The van der Waals surface area contributed by atoms with Crippen LogP contribution < -0.4 is 0 Å². The van der Waals surface area contributed by atoms with E-state index in [0.717, 1.165) is 5.76 Å². The zero-order valence-corrected chi connectivity index (χ0v) is 15.4. The quantitative estimate of drug-likeness (QED) is 0.623. The third-order valence-corrected chi connectivity index (χ3v) is 4.35. The van der Waals surface area contributed by atoms with Crippen molar-refractivity contribution in [3.8, 4) is 11.1 Å². The number of amides is 1. The number of halogens is 2. The molecule has 7 heteroatoms. The third kappa shape index (κ3) is 4.07. The molecule has 5 nitrogen and oxygen atoms in total. The second-order valence-electron chi connectivity index (χ2n) is 6.30. The van der Waals surface area contributed by atoms with Crippen LogP contribution in [0.5, 0.6) is 0 Å². The molecule has 0 unspecified atom stereocenters. The van der Waals surface area contributed by atoms with E-state index in [4.69, 9.17) is 4.42 Å². The van der Waals surface area contributed by atoms with E-state index in [1.807, 2.05) is 26.0 Å². The Morgan fingerprint density at radius 3 is 2.63 bits per heavy atom. The molecule has 3 rings (SSSR count). The van der Waals surface area contributed by atoms with Gasteiger partial charge < -0.3 is 9.32 Å². The fourth-order valence-electron chi connectivity index (χ4n) is 2.95. The van der Waals surface area contributed by atoms with Crippen LogP contribution in [0, 0.1) is 13.8 Å². The first-order chi connectivity index (χ1) is 12.9. The van der Waals surface area contributed by atoms with E-state index in [9.17, 15) is 13.6 Å². The van der Waals surface area contributed by atoms with Gasteiger partial charge in [-0.15, -0.1) is 0 Å². The van der Waals surface area contributed by atoms with Crippen molar-refractivity contribution in [2.45, 2.75) is 33.9 Å². The van der Waals surface area contributed by atoms with Gasteiger partial charge in [0, 0.05) is 23.9 Å². The number of carbonyl (C=O) groups is 1. The van der Waals surface area contributed by atoms with Crippen molar-refractivity contribution in [2.75, 3.05) is 6.54 Å². The summed E-state index contributed by atoms with van der Waals surface area (Å²) in [5.74, 6) is 1.36. The number of aromatic nitrogens is 2. The van der Waals surface area contributed by atoms with E-state index in [-0.39, 0.29) is 5.91 Å². The summed E-state index contributed by atoms with van der Waals surface area (Å²) in [5, 5.41) is 3.83. The van der Waals surface area contributed by atoms with E-state index in [1.54, 1.807) is 36.1 Å². The molecule has 1 aromatic carbocycles. The van der Waals surface area contributed by atoms with Crippen LogP contribution >= 0.6 is 0 Å². The Labute approximate surface area is 156 Å². The van der Waals surface area contributed by atoms with Gasteiger partial charge in [0.2, 0.25) is 0 Å². The summed E-state index contributed by atoms with van der Waals surface area (Å²) in [5.41, 5.74) is 2.23. The van der Waals surface area contributed by atoms with Gasteiger partial charge >= 0.3 is 6.55 Å². The molecule has 1 amide bonds. The zero-order chi connectivity index (χ0) is 19.6. The van der Waals surface area contributed by atoms with Gasteiger partial charge in [0.1, 0.15) is 11.5 Å². The van der Waals surface area contributed by atoms with Crippen molar-refractivity contribution in [3.63, 3.8) is 0 Å². The highest BCUT2D eigenvalue weighted by molar-refractivity contribution is 5.95. The summed E-state index contributed by atoms with van der Waals surface area (Å²) in [7, 11) is 0. The maximum Gasteiger partial charge on any atom is 0.333 e. The molecule has 0 bridgehead atoms. The van der Waals surface area contributed by atoms with Crippen LogP contribution in [0.4, 0.5) is 8.78 Å². The van der Waals surface area contributed by atoms with E-state index >= 15 is 0 Å². The average Bonchev–Trinajstić information content (AvgIpc) is 3.24. The summed E-state index contributed by atoms with van der Waals surface area (Å²) in [6.45, 7) is 3.61. The molecule has 0 N–H and O–H groups in total. The van der Waals surface area contributed by atoms with Gasteiger partial charge in [-0.25, -0.2) is 4.68 Å². The molecule has 0 saturated carbocycles. The Balaban J connectivity index is 1.86. The number of hydrogen-bond acceptors (Lipinski definition) is 3. The smallest absolute Gasteiger partial charge is 0.333 e. The molecule has 0 aliphatic heterocycles. The van der Waals surface area contributed by atoms with Crippen LogP contribution in [-0.4, -0.2) is 27.1 Å². The first kappa shape index (κ1) is 18.8. The normalized spacial score (nSPS) is 11.2. The molecule has 142 valence electrons. The fourth-order valence-corrected chi connectivity index (χ4v) is 2.95. The third-order valence-electron chi connectivity index (χ3n) is 4.35. The maximum absolute atomic E-state index is 12.9. The van der Waals surface area contributed by atoms with Crippen molar-refractivity contribution < 1.29 is 18.0 Å². The van der Waals surface area contributed by atoms with Crippen molar-refractivity contribution >= 4 is 5.91 Å². The molecule has 27 heavy (non-hydrogen) atoms. The highest BCUT2D eigenvalue weighted by atomic mass is 19.3. The fraction of sp³-hybridized carbons (Fsp3) is 0.300. The summed E-state index contributed by atoms with van der Waals surface area (Å²) >= 11 is 0. The summed E-state index contributed by atoms with van der Waals surface area (Å²) in [6.07, 6.45) is 1.30. The van der Waals surface area contributed by atoms with E-state index in [0.29, 0.717) is 45.9 Å². The van der Waals surface area contributed by atoms with Crippen molar-refractivity contribution in [3.05, 3.63) is 65.4 Å². The molecule has 2 heterocycles. The Kier molecular flexibility index (Phi) is 5.39. The SMILES string of the molecule is CCN(Cc1ccc(C)o1)C(=O)c1cccc(-c2cn(C(F)F)nc2C)c1. The number of furan rings is 1. The number of aryl methyl sites for hydroxylation is 2. The van der Waals surface area contributed by atoms with Crippen LogP contribution in [0.25, 0.3) is 11.1 Å². The van der Waals surface area contributed by atoms with Crippen LogP contribution in [0.15, 0.2) is 47.0 Å². The number of benzene rings is 1. The van der Waals surface area contributed by atoms with Gasteiger partial charge in [-0.1, -0.05) is 12.1 Å². The lowest BCUT2D eigenvalue weighted by Gasteiger charge is -2.20. The lowest BCUT2D eigenvalue weighted by Crippen LogP contribution is -2.30. The van der Waals surface area contributed by atoms with Crippen molar-refractivity contribution in [2.24, 2.45) is 0 Å². The van der Waals surface area contributed by atoms with E-state index in [2.05, 4.69) is 5.10 Å². The average molecular weight is 373 g/mol. The highest BCUT2D eigenvalue weighted by Crippen LogP contribution is 2.26. The van der Waals surface area contributed by atoms with Gasteiger partial charge in [-0.05, 0) is 50.6 Å². The number of rotatable bonds is 6. The highest BCUT2D eigenvalue weighted by Gasteiger charge is 2.18. The first-order valence-electron chi connectivity index (χ1n) is 8.68. The molecule has 3 aromatic rings. The summed E-state index contributed by atoms with van der Waals surface area (Å²) < 4.78 is 31.9. The van der Waals surface area contributed by atoms with E-state index < -0.39 is 6.55 Å². The Bertz CT molecular complexity index is 946. The van der Waals surface area contributed by atoms with Crippen LogP contribution in [-0.2, 0) is 6.54 Å². The Morgan fingerprint density at radius 1 is 1.26 bits per heavy atom. The molecule has 0 aliphatic rings. The number of hydrogen-bond donors (Lipinski definition) is 0. The van der Waals surface area contributed by atoms with Gasteiger partial charge in [-0.3, -0.25) is 4.79 Å². The van der Waals surface area contributed by atoms with Gasteiger partial charge in [0.15, 0.2) is 0 Å². The van der Waals surface area contributed by atoms with Crippen LogP contribution in [0.3, 0.4) is 0 Å². The van der Waals surface area contributed by atoms with Crippen molar-refractivity contribution in [1.29, 1.82) is 0 Å². The van der Waals surface area contributed by atoms with E-state index in [1.165, 1.54) is 6.20 Å². The Morgan fingerprint density at radius 2 is 2.04 bits per heavy atom. The number of alkyl halides is 2. The Hall–Kier alpha value is -2.96. The molecule has 0 atom stereocenters. The van der Waals surface area contributed by atoms with Gasteiger partial charge in [0.25, 0.3) is 5.91 Å². The number of carbonyl (C=O) groups excluding carboxylic acids is 1. The van der Waals surface area contributed by atoms with Gasteiger partial charge in [0.05, 0.1) is 12.2 Å². The molecular weight excluding hydrogens is 352 g/mol. The minimum Gasteiger partial charge on any atom is -0.464 e. The number of nitrogens with zero attached hydrogens (tertiary/aromatic N) is 3. The minimum atomic E-state index is -2.70. The molecule has 0 aliphatic carbocycles. The lowest BCUT2D eigenvalue weighted by molar-refractivity contribution is 0.0563. The monoisotopic (exact) mass is 373 g/mol. The lowest BCUT2D eigenvalue weighted by atomic mass is 10.0. The predicted octanol–water partition coefficient (Wildman–Crippen LogP) is 4.82. The maximum atomic E-state index is 12.9.